The van der Waals surface area contributed by atoms with E-state index in [9.17, 15) is 0 Å². The first-order valence-electron chi connectivity index (χ1n) is 11.4. The van der Waals surface area contributed by atoms with Gasteiger partial charge in [-0.2, -0.15) is 0 Å². The zero-order valence-corrected chi connectivity index (χ0v) is 29.2. The summed E-state index contributed by atoms with van der Waals surface area (Å²) in [4.78, 5) is 0. The van der Waals surface area contributed by atoms with Crippen molar-refractivity contribution in [3.8, 4) is 0 Å². The number of rotatable bonds is 7. The zero-order chi connectivity index (χ0) is 23.3. The Labute approximate surface area is 198 Å². The van der Waals surface area contributed by atoms with Gasteiger partial charge in [0.05, 0.1) is 15.2 Å². The molecule has 0 aromatic heterocycles. The molecule has 6 heteroatoms. The Hall–Kier alpha value is 1.83. The molecule has 0 aliphatic heterocycles. The summed E-state index contributed by atoms with van der Waals surface area (Å²) < 4.78 is 0. The molecule has 170 valence electrons. The van der Waals surface area contributed by atoms with Gasteiger partial charge in [0.1, 0.15) is 11.5 Å². The third kappa shape index (κ3) is 3.99. The molecule has 0 spiro atoms. The van der Waals surface area contributed by atoms with Crippen molar-refractivity contribution in [2.24, 2.45) is 0 Å². The van der Waals surface area contributed by atoms with Crippen LogP contribution in [0.25, 0.3) is 0 Å². The van der Waals surface area contributed by atoms with Gasteiger partial charge < -0.3 is 0 Å². The predicted octanol–water partition coefficient (Wildman–Crippen LogP) is 10.3. The topological polar surface area (TPSA) is 0 Å². The summed E-state index contributed by atoms with van der Waals surface area (Å²) in [6.07, 6.45) is -1.94. The third-order valence-electron chi connectivity index (χ3n) is 8.82. The van der Waals surface area contributed by atoms with E-state index in [1.165, 1.54) is 0 Å². The molecule has 0 atom stereocenters. The molecule has 0 radical (unpaired) electrons. The van der Waals surface area contributed by atoms with Crippen LogP contribution >= 0.6 is 30.6 Å². The number of hydrogen-bond acceptors (Lipinski definition) is 0. The van der Waals surface area contributed by atoms with E-state index in [0.29, 0.717) is 10.1 Å². The van der Waals surface area contributed by atoms with Crippen molar-refractivity contribution < 1.29 is 0 Å². The second-order valence-corrected chi connectivity index (χ2v) is 64.3. The molecule has 0 nitrogen and oxygen atoms in total. The first-order chi connectivity index (χ1) is 12.0. The molecular formula is C22H52Br2Si4. The van der Waals surface area contributed by atoms with E-state index < -0.39 is 26.6 Å². The van der Waals surface area contributed by atoms with Gasteiger partial charge in [-0.3, -0.25) is 0 Å². The van der Waals surface area contributed by atoms with Crippen LogP contribution in [0, 0.1) is 0 Å². The molecule has 0 amide bonds. The van der Waals surface area contributed by atoms with Gasteiger partial charge in [-0.05, 0) is 10.1 Å². The molecule has 0 aliphatic rings. The first-order valence-corrected chi connectivity index (χ1v) is 28.2. The lowest BCUT2D eigenvalue weighted by atomic mass is 10.2. The van der Waals surface area contributed by atoms with Crippen molar-refractivity contribution in [1.82, 2.24) is 0 Å². The Morgan fingerprint density at radius 2 is 0.679 bits per heavy atom. The molecule has 0 aliphatic carbocycles. The maximum absolute atomic E-state index is 5.00. The predicted molar refractivity (Wildman–Crippen MR) is 152 cm³/mol. The van der Waals surface area contributed by atoms with E-state index in [4.69, 9.17) is 30.6 Å². The van der Waals surface area contributed by atoms with E-state index in [-0.39, 0.29) is 0 Å². The van der Waals surface area contributed by atoms with Gasteiger partial charge in [-0.25, -0.2) is 0 Å². The largest absolute Gasteiger partial charge is 0.140 e. The molecule has 0 saturated carbocycles. The fourth-order valence-corrected chi connectivity index (χ4v) is 151. The Balaban J connectivity index is 7.89. The molecule has 0 saturated heterocycles. The minimum atomic E-state index is -1.94. The molecule has 0 aromatic carbocycles. The van der Waals surface area contributed by atoms with Crippen molar-refractivity contribution in [1.29, 1.82) is 0 Å². The number of halogens is 2. The highest BCUT2D eigenvalue weighted by atomic mass is 79.9. The van der Waals surface area contributed by atoms with Gasteiger partial charge in [0, 0.05) is 0 Å². The lowest BCUT2D eigenvalue weighted by Crippen LogP contribution is -2.89. The van der Waals surface area contributed by atoms with Gasteiger partial charge in [-0.1, -0.05) is 132 Å². The minimum absolute atomic E-state index is 0.317. The van der Waals surface area contributed by atoms with Crippen molar-refractivity contribution in [3.05, 3.63) is 0 Å². The monoisotopic (exact) mass is 586 g/mol. The molecule has 0 N–H and O–H groups in total. The molecule has 0 fully saturated rings. The first kappa shape index (κ1) is 29.8. The van der Waals surface area contributed by atoms with Gasteiger partial charge in [-0.15, -0.1) is 30.6 Å². The Morgan fingerprint density at radius 1 is 0.500 bits per heavy atom. The standard InChI is InChI=1S/C22H52Br2Si4/c1-17(2)25(15,18(3)4)28(24,26(16,19(5)6)20(7)8)27(23,21(9,10)11)22(12,13)14/h17-20H,1-16H3. The Kier molecular flexibility index (Phi) is 9.58. The van der Waals surface area contributed by atoms with E-state index in [1.807, 2.05) is 0 Å². The third-order valence-corrected chi connectivity index (χ3v) is 120. The van der Waals surface area contributed by atoms with Crippen LogP contribution in [0.3, 0.4) is 0 Å². The SMILES string of the molecule is CC(C)[Si](C)(C(C)C)[Si](Br)([Si](C)(C(C)C)C(C)C)[Si](Br)(C(C)(C)C)C(C)(C)C. The van der Waals surface area contributed by atoms with Crippen LogP contribution in [0.4, 0.5) is 0 Å². The highest BCUT2D eigenvalue weighted by Gasteiger charge is 2.78. The highest BCUT2D eigenvalue weighted by molar-refractivity contribution is 9.39. The molecule has 0 heterocycles. The summed E-state index contributed by atoms with van der Waals surface area (Å²) in [5.41, 5.74) is 3.21. The van der Waals surface area contributed by atoms with Crippen LogP contribution in [0.1, 0.15) is 96.9 Å². The summed E-state index contributed by atoms with van der Waals surface area (Å²) in [6.45, 7) is 41.6. The van der Waals surface area contributed by atoms with E-state index >= 15 is 0 Å². The quantitative estimate of drug-likeness (QED) is 0.205. The minimum Gasteiger partial charge on any atom is -0.135 e. The van der Waals surface area contributed by atoms with Crippen molar-refractivity contribution >= 4 is 57.2 Å². The second kappa shape index (κ2) is 8.99. The molecule has 0 bridgehead atoms. The molecule has 0 unspecified atom stereocenters. The molecule has 0 rings (SSSR count). The van der Waals surface area contributed by atoms with Gasteiger partial charge in [0.25, 0.3) is 0 Å². The van der Waals surface area contributed by atoms with Crippen LogP contribution in [0.15, 0.2) is 0 Å². The molecular weight excluding hydrogens is 536 g/mol. The fourth-order valence-electron chi connectivity index (χ4n) is 6.41. The van der Waals surface area contributed by atoms with Gasteiger partial charge >= 0.3 is 0 Å². The smallest absolute Gasteiger partial charge is 0.135 e. The fraction of sp³-hybridized carbons (Fsp3) is 1.00. The summed E-state index contributed by atoms with van der Waals surface area (Å²) in [5.74, 6) is 0. The van der Waals surface area contributed by atoms with Crippen LogP contribution in [-0.4, -0.2) is 26.6 Å². The summed E-state index contributed by atoms with van der Waals surface area (Å²) in [5, 5.41) is -1.25. The maximum Gasteiger partial charge on any atom is 0.140 e. The Bertz CT molecular complexity index is 472. The average molecular weight is 589 g/mol. The average Bonchev–Trinajstić information content (AvgIpc) is 2.47. The van der Waals surface area contributed by atoms with Crippen molar-refractivity contribution in [2.75, 3.05) is 0 Å². The summed E-state index contributed by atoms with van der Waals surface area (Å²) >= 11 is 9.82. The van der Waals surface area contributed by atoms with Crippen molar-refractivity contribution in [3.63, 3.8) is 0 Å². The summed E-state index contributed by atoms with van der Waals surface area (Å²) in [7, 11) is -3.28. The maximum atomic E-state index is 5.00. The van der Waals surface area contributed by atoms with E-state index in [1.54, 1.807) is 0 Å². The van der Waals surface area contributed by atoms with E-state index in [2.05, 4.69) is 110 Å². The number of hydrogen-bond donors (Lipinski definition) is 0. The lowest BCUT2D eigenvalue weighted by Gasteiger charge is -2.69. The van der Waals surface area contributed by atoms with Crippen LogP contribution in [-0.2, 0) is 0 Å². The highest BCUT2D eigenvalue weighted by Crippen LogP contribution is 2.68. The second-order valence-electron chi connectivity index (χ2n) is 13.0. The van der Waals surface area contributed by atoms with Crippen molar-refractivity contribution in [2.45, 2.75) is 142 Å². The normalized spacial score (nSPS) is 16.1. The zero-order valence-electron chi connectivity index (χ0n) is 22.1. The summed E-state index contributed by atoms with van der Waals surface area (Å²) in [6, 6.07) is 0. The Morgan fingerprint density at radius 3 is 0.786 bits per heavy atom. The van der Waals surface area contributed by atoms with Gasteiger partial charge in [0.2, 0.25) is 0 Å². The van der Waals surface area contributed by atoms with Crippen LogP contribution in [0.2, 0.25) is 45.3 Å². The van der Waals surface area contributed by atoms with Gasteiger partial charge in [0.15, 0.2) is 0 Å². The van der Waals surface area contributed by atoms with Crippen LogP contribution in [0.5, 0.6) is 0 Å². The molecule has 0 aromatic rings. The van der Waals surface area contributed by atoms with E-state index in [0.717, 1.165) is 22.2 Å². The lowest BCUT2D eigenvalue weighted by molar-refractivity contribution is 0.653. The molecule has 28 heavy (non-hydrogen) atoms. The van der Waals surface area contributed by atoms with Crippen LogP contribution < -0.4 is 0 Å².